The molecule has 1 N–H and O–H groups in total. The second-order valence-corrected chi connectivity index (χ2v) is 4.37. The van der Waals surface area contributed by atoms with Crippen LogP contribution in [0.5, 0.6) is 5.75 Å². The van der Waals surface area contributed by atoms with E-state index in [0.717, 1.165) is 0 Å². The smallest absolute Gasteiger partial charge is 0.258 e. The molecule has 2 rings (SSSR count). The van der Waals surface area contributed by atoms with Gasteiger partial charge in [-0.2, -0.15) is 0 Å². The molecular weight excluding hydrogens is 296 g/mol. The molecule has 0 radical (unpaired) electrons. The van der Waals surface area contributed by atoms with E-state index in [0.29, 0.717) is 21.6 Å². The first-order valence-corrected chi connectivity index (χ1v) is 6.06. The number of carbonyl (C=O) groups is 1. The molecule has 0 fully saturated rings. The molecule has 18 heavy (non-hydrogen) atoms. The van der Waals surface area contributed by atoms with Crippen LogP contribution in [0.15, 0.2) is 47.1 Å². The molecule has 0 aliphatic carbocycles. The molecule has 0 saturated carbocycles. The number of nitrogens with zero attached hydrogens (tertiary/aromatic N) is 1. The molecule has 0 aliphatic rings. The monoisotopic (exact) mass is 306 g/mol. The van der Waals surface area contributed by atoms with Crippen molar-refractivity contribution in [3.05, 3.63) is 52.6 Å². The summed E-state index contributed by atoms with van der Waals surface area (Å²) in [5.41, 5.74) is 0.500. The maximum atomic E-state index is 12.1. The van der Waals surface area contributed by atoms with Crippen molar-refractivity contribution in [3.8, 4) is 5.75 Å². The minimum atomic E-state index is -0.237. The van der Waals surface area contributed by atoms with E-state index >= 15 is 0 Å². The number of anilines is 1. The van der Waals surface area contributed by atoms with Crippen molar-refractivity contribution in [3.63, 3.8) is 0 Å². The SMILES string of the molecule is COc1ccc(Br)c(C(=O)Nc2ccccn2)c1. The van der Waals surface area contributed by atoms with Crippen molar-refractivity contribution in [2.75, 3.05) is 12.4 Å². The van der Waals surface area contributed by atoms with Gasteiger partial charge >= 0.3 is 0 Å². The summed E-state index contributed by atoms with van der Waals surface area (Å²) in [5, 5.41) is 2.71. The molecule has 92 valence electrons. The molecule has 1 aromatic carbocycles. The molecule has 0 bridgehead atoms. The Balaban J connectivity index is 2.23. The second-order valence-electron chi connectivity index (χ2n) is 3.51. The Morgan fingerprint density at radius 1 is 1.33 bits per heavy atom. The summed E-state index contributed by atoms with van der Waals surface area (Å²) in [4.78, 5) is 16.1. The standard InChI is InChI=1S/C13H11BrN2O2/c1-18-9-5-6-11(14)10(8-9)13(17)16-12-4-2-3-7-15-12/h2-8H,1H3,(H,15,16,17). The zero-order valence-corrected chi connectivity index (χ0v) is 11.3. The number of benzene rings is 1. The summed E-state index contributed by atoms with van der Waals surface area (Å²) < 4.78 is 5.80. The largest absolute Gasteiger partial charge is 0.497 e. The van der Waals surface area contributed by atoms with Crippen molar-refractivity contribution < 1.29 is 9.53 Å². The van der Waals surface area contributed by atoms with Crippen LogP contribution in [-0.4, -0.2) is 18.0 Å². The predicted molar refractivity (Wildman–Crippen MR) is 72.9 cm³/mol. The lowest BCUT2D eigenvalue weighted by molar-refractivity contribution is 0.102. The Kier molecular flexibility index (Phi) is 3.94. The van der Waals surface area contributed by atoms with E-state index in [4.69, 9.17) is 4.74 Å². The van der Waals surface area contributed by atoms with Gasteiger partial charge in [0, 0.05) is 10.7 Å². The fraction of sp³-hybridized carbons (Fsp3) is 0.0769. The maximum absolute atomic E-state index is 12.1. The topological polar surface area (TPSA) is 51.2 Å². The van der Waals surface area contributed by atoms with Crippen LogP contribution in [0.25, 0.3) is 0 Å². The average Bonchev–Trinajstić information content (AvgIpc) is 2.40. The highest BCUT2D eigenvalue weighted by Crippen LogP contribution is 2.23. The zero-order valence-electron chi connectivity index (χ0n) is 9.68. The molecule has 1 amide bonds. The number of aromatic nitrogens is 1. The van der Waals surface area contributed by atoms with Crippen molar-refractivity contribution in [1.29, 1.82) is 0 Å². The molecule has 2 aromatic rings. The molecular formula is C13H11BrN2O2. The van der Waals surface area contributed by atoms with Crippen LogP contribution in [0.3, 0.4) is 0 Å². The number of hydrogen-bond donors (Lipinski definition) is 1. The van der Waals surface area contributed by atoms with Crippen LogP contribution in [0, 0.1) is 0 Å². The Bertz CT molecular complexity index is 558. The van der Waals surface area contributed by atoms with Gasteiger partial charge in [-0.25, -0.2) is 4.98 Å². The van der Waals surface area contributed by atoms with Gasteiger partial charge in [0.2, 0.25) is 0 Å². The first kappa shape index (κ1) is 12.6. The number of pyridine rings is 1. The van der Waals surface area contributed by atoms with Gasteiger partial charge in [0.25, 0.3) is 5.91 Å². The van der Waals surface area contributed by atoms with Crippen molar-refractivity contribution in [1.82, 2.24) is 4.98 Å². The number of methoxy groups -OCH3 is 1. The van der Waals surface area contributed by atoms with Gasteiger partial charge in [-0.05, 0) is 46.3 Å². The summed E-state index contributed by atoms with van der Waals surface area (Å²) in [6.45, 7) is 0. The number of carbonyl (C=O) groups excluding carboxylic acids is 1. The summed E-state index contributed by atoms with van der Waals surface area (Å²) in [7, 11) is 1.56. The summed E-state index contributed by atoms with van der Waals surface area (Å²) >= 11 is 3.34. The molecule has 0 saturated heterocycles. The molecule has 0 atom stereocenters. The van der Waals surface area contributed by atoms with Gasteiger partial charge in [-0.1, -0.05) is 6.07 Å². The van der Waals surface area contributed by atoms with Crippen molar-refractivity contribution in [2.45, 2.75) is 0 Å². The van der Waals surface area contributed by atoms with Crippen molar-refractivity contribution in [2.24, 2.45) is 0 Å². The normalized spacial score (nSPS) is 9.89. The third-order valence-corrected chi connectivity index (χ3v) is 3.02. The molecule has 0 unspecified atom stereocenters. The van der Waals surface area contributed by atoms with E-state index in [1.54, 1.807) is 43.6 Å². The fourth-order valence-electron chi connectivity index (χ4n) is 1.43. The minimum absolute atomic E-state index is 0.237. The third-order valence-electron chi connectivity index (χ3n) is 2.32. The van der Waals surface area contributed by atoms with E-state index in [1.165, 1.54) is 0 Å². The van der Waals surface area contributed by atoms with Crippen LogP contribution in [0.4, 0.5) is 5.82 Å². The van der Waals surface area contributed by atoms with Gasteiger partial charge in [0.05, 0.1) is 12.7 Å². The minimum Gasteiger partial charge on any atom is -0.497 e. The molecule has 4 nitrogen and oxygen atoms in total. The first-order chi connectivity index (χ1) is 8.70. The first-order valence-electron chi connectivity index (χ1n) is 5.26. The number of nitrogens with one attached hydrogen (secondary N) is 1. The van der Waals surface area contributed by atoms with Crippen LogP contribution in [-0.2, 0) is 0 Å². The Morgan fingerprint density at radius 3 is 2.83 bits per heavy atom. The number of amides is 1. The van der Waals surface area contributed by atoms with Crippen LogP contribution >= 0.6 is 15.9 Å². The average molecular weight is 307 g/mol. The fourth-order valence-corrected chi connectivity index (χ4v) is 1.85. The highest BCUT2D eigenvalue weighted by molar-refractivity contribution is 9.10. The quantitative estimate of drug-likeness (QED) is 0.948. The lowest BCUT2D eigenvalue weighted by atomic mass is 10.2. The summed E-state index contributed by atoms with van der Waals surface area (Å²) in [6, 6.07) is 10.5. The van der Waals surface area contributed by atoms with Gasteiger partial charge in [-0.3, -0.25) is 4.79 Å². The summed E-state index contributed by atoms with van der Waals surface area (Å²) in [5.74, 6) is 0.904. The maximum Gasteiger partial charge on any atom is 0.258 e. The Labute approximate surface area is 113 Å². The predicted octanol–water partition coefficient (Wildman–Crippen LogP) is 3.11. The molecule has 0 aliphatic heterocycles. The molecule has 1 heterocycles. The zero-order chi connectivity index (χ0) is 13.0. The molecule has 0 spiro atoms. The second kappa shape index (κ2) is 5.64. The lowest BCUT2D eigenvalue weighted by Gasteiger charge is -2.07. The highest BCUT2D eigenvalue weighted by Gasteiger charge is 2.11. The van der Waals surface area contributed by atoms with E-state index in [9.17, 15) is 4.79 Å². The molecule has 5 heteroatoms. The van der Waals surface area contributed by atoms with Crippen LogP contribution in [0.1, 0.15) is 10.4 Å². The number of ether oxygens (including phenoxy) is 1. The highest BCUT2D eigenvalue weighted by atomic mass is 79.9. The van der Waals surface area contributed by atoms with E-state index in [-0.39, 0.29) is 5.91 Å². The van der Waals surface area contributed by atoms with Gasteiger partial charge < -0.3 is 10.1 Å². The van der Waals surface area contributed by atoms with Gasteiger partial charge in [-0.15, -0.1) is 0 Å². The Morgan fingerprint density at radius 2 is 2.17 bits per heavy atom. The van der Waals surface area contributed by atoms with E-state index in [2.05, 4.69) is 26.2 Å². The number of hydrogen-bond acceptors (Lipinski definition) is 3. The molecule has 1 aromatic heterocycles. The summed E-state index contributed by atoms with van der Waals surface area (Å²) in [6.07, 6.45) is 1.62. The lowest BCUT2D eigenvalue weighted by Crippen LogP contribution is -2.13. The number of halogens is 1. The van der Waals surface area contributed by atoms with Gasteiger partial charge in [0.1, 0.15) is 11.6 Å². The third kappa shape index (κ3) is 2.87. The van der Waals surface area contributed by atoms with E-state index < -0.39 is 0 Å². The number of rotatable bonds is 3. The van der Waals surface area contributed by atoms with Crippen LogP contribution < -0.4 is 10.1 Å². The van der Waals surface area contributed by atoms with Gasteiger partial charge in [0.15, 0.2) is 0 Å². The Hall–Kier alpha value is -1.88. The van der Waals surface area contributed by atoms with E-state index in [1.807, 2.05) is 6.07 Å². The van der Waals surface area contributed by atoms with Crippen LogP contribution in [0.2, 0.25) is 0 Å². The van der Waals surface area contributed by atoms with Crippen molar-refractivity contribution >= 4 is 27.7 Å².